The number of carbonyl (C=O) groups excluding carboxylic acids is 2. The molecule has 0 saturated heterocycles. The van der Waals surface area contributed by atoms with Crippen molar-refractivity contribution < 1.29 is 23.1 Å². The molecule has 0 aromatic heterocycles. The summed E-state index contributed by atoms with van der Waals surface area (Å²) in [6, 6.07) is 20.4. The third-order valence-electron chi connectivity index (χ3n) is 6.99. The number of methoxy groups -OCH3 is 1. The van der Waals surface area contributed by atoms with Crippen molar-refractivity contribution in [3.8, 4) is 5.75 Å². The number of Topliss-reactive ketones (excluding diaryl/α,β-unsaturated/α-hetero) is 1. The lowest BCUT2D eigenvalue weighted by atomic mass is 9.71. The first-order valence-corrected chi connectivity index (χ1v) is 12.1. The fourth-order valence-electron chi connectivity index (χ4n) is 5.31. The Balaban J connectivity index is 1.61. The molecule has 0 radical (unpaired) electrons. The molecule has 1 amide bonds. The predicted octanol–water partition coefficient (Wildman–Crippen LogP) is 5.97. The summed E-state index contributed by atoms with van der Waals surface area (Å²) in [5.41, 5.74) is 3.09. The van der Waals surface area contributed by atoms with E-state index < -0.39 is 29.1 Å². The van der Waals surface area contributed by atoms with Crippen LogP contribution >= 0.6 is 0 Å². The topological polar surface area (TPSA) is 67.4 Å². The van der Waals surface area contributed by atoms with Gasteiger partial charge in [-0.25, -0.2) is 8.78 Å². The molecule has 1 aliphatic carbocycles. The van der Waals surface area contributed by atoms with Gasteiger partial charge in [0, 0.05) is 34.5 Å². The van der Waals surface area contributed by atoms with Gasteiger partial charge >= 0.3 is 0 Å². The molecule has 5 nitrogen and oxygen atoms in total. The van der Waals surface area contributed by atoms with Crippen LogP contribution in [0.4, 0.5) is 14.5 Å². The van der Waals surface area contributed by atoms with Crippen LogP contribution in [0.2, 0.25) is 0 Å². The molecular formula is C30H26F2N2O3. The zero-order chi connectivity index (χ0) is 26.1. The van der Waals surface area contributed by atoms with E-state index in [0.29, 0.717) is 29.0 Å². The van der Waals surface area contributed by atoms with Crippen molar-refractivity contribution in [3.63, 3.8) is 0 Å². The van der Waals surface area contributed by atoms with Crippen LogP contribution in [0.3, 0.4) is 0 Å². The summed E-state index contributed by atoms with van der Waals surface area (Å²) < 4.78 is 34.4. The van der Waals surface area contributed by atoms with E-state index in [9.17, 15) is 18.4 Å². The molecule has 2 aliphatic rings. The molecule has 2 unspecified atom stereocenters. The number of dihydropyridines is 1. The SMILES string of the molecule is COc1ccccc1C1C(C(=O)Nc2c(F)cccc2F)=C(C)NC2=C1C(=O)CC(c1ccccc1)C2. The summed E-state index contributed by atoms with van der Waals surface area (Å²) in [6.07, 6.45) is 0.872. The first-order chi connectivity index (χ1) is 17.9. The van der Waals surface area contributed by atoms with Gasteiger partial charge in [0.2, 0.25) is 0 Å². The number of hydrogen-bond donors (Lipinski definition) is 2. The summed E-state index contributed by atoms with van der Waals surface area (Å²) in [7, 11) is 1.52. The number of ether oxygens (including phenoxy) is 1. The van der Waals surface area contributed by atoms with Gasteiger partial charge in [-0.05, 0) is 43.0 Å². The Bertz CT molecular complexity index is 1430. The zero-order valence-electron chi connectivity index (χ0n) is 20.5. The van der Waals surface area contributed by atoms with Gasteiger partial charge in [0.25, 0.3) is 5.91 Å². The molecule has 0 spiro atoms. The van der Waals surface area contributed by atoms with Gasteiger partial charge in [-0.2, -0.15) is 0 Å². The number of halogens is 2. The Kier molecular flexibility index (Phi) is 6.61. The summed E-state index contributed by atoms with van der Waals surface area (Å²) in [5, 5.41) is 5.68. The van der Waals surface area contributed by atoms with Gasteiger partial charge in [0.1, 0.15) is 23.1 Å². The van der Waals surface area contributed by atoms with E-state index in [1.54, 1.807) is 25.1 Å². The minimum atomic E-state index is -0.886. The smallest absolute Gasteiger partial charge is 0.254 e. The second-order valence-corrected chi connectivity index (χ2v) is 9.22. The highest BCUT2D eigenvalue weighted by Gasteiger charge is 2.42. The number of ketones is 1. The van der Waals surface area contributed by atoms with E-state index in [-0.39, 0.29) is 23.7 Å². The first kappa shape index (κ1) is 24.4. The van der Waals surface area contributed by atoms with E-state index >= 15 is 0 Å². The zero-order valence-corrected chi connectivity index (χ0v) is 20.5. The van der Waals surface area contributed by atoms with Crippen molar-refractivity contribution in [1.29, 1.82) is 0 Å². The molecule has 5 rings (SSSR count). The van der Waals surface area contributed by atoms with E-state index in [0.717, 1.165) is 23.4 Å². The molecule has 0 fully saturated rings. The Morgan fingerprint density at radius 3 is 2.32 bits per heavy atom. The van der Waals surface area contributed by atoms with Crippen molar-refractivity contribution >= 4 is 17.4 Å². The maximum atomic E-state index is 14.4. The number of carbonyl (C=O) groups is 2. The number of amides is 1. The van der Waals surface area contributed by atoms with E-state index in [2.05, 4.69) is 10.6 Å². The molecule has 37 heavy (non-hydrogen) atoms. The number of hydrogen-bond acceptors (Lipinski definition) is 4. The predicted molar refractivity (Wildman–Crippen MR) is 137 cm³/mol. The molecule has 2 N–H and O–H groups in total. The van der Waals surface area contributed by atoms with Crippen LogP contribution in [0.5, 0.6) is 5.75 Å². The summed E-state index contributed by atoms with van der Waals surface area (Å²) in [4.78, 5) is 27.3. The molecular weight excluding hydrogens is 474 g/mol. The van der Waals surface area contributed by atoms with Crippen molar-refractivity contribution in [2.24, 2.45) is 0 Å². The average molecular weight is 501 g/mol. The van der Waals surface area contributed by atoms with E-state index in [1.807, 2.05) is 36.4 Å². The maximum absolute atomic E-state index is 14.4. The van der Waals surface area contributed by atoms with Crippen LogP contribution in [0.1, 0.15) is 42.7 Å². The molecule has 7 heteroatoms. The molecule has 3 aromatic rings. The third kappa shape index (κ3) is 4.53. The number of rotatable bonds is 5. The van der Waals surface area contributed by atoms with Crippen molar-refractivity contribution in [3.05, 3.63) is 118 Å². The lowest BCUT2D eigenvalue weighted by Crippen LogP contribution is -2.37. The third-order valence-corrected chi connectivity index (χ3v) is 6.99. The van der Waals surface area contributed by atoms with Crippen molar-refractivity contribution in [1.82, 2.24) is 5.32 Å². The Hall–Kier alpha value is -4.26. The van der Waals surface area contributed by atoms with E-state index in [4.69, 9.17) is 4.74 Å². The molecule has 1 aliphatic heterocycles. The summed E-state index contributed by atoms with van der Waals surface area (Å²) >= 11 is 0. The highest BCUT2D eigenvalue weighted by atomic mass is 19.1. The number of allylic oxidation sites excluding steroid dienone is 3. The van der Waals surface area contributed by atoms with Crippen LogP contribution in [0, 0.1) is 11.6 Å². The van der Waals surface area contributed by atoms with Gasteiger partial charge in [0.05, 0.1) is 13.0 Å². The fourth-order valence-corrected chi connectivity index (χ4v) is 5.31. The molecule has 188 valence electrons. The minimum absolute atomic E-state index is 0.00560. The molecule has 1 heterocycles. The lowest BCUT2D eigenvalue weighted by molar-refractivity contribution is -0.116. The van der Waals surface area contributed by atoms with Crippen LogP contribution in [0.25, 0.3) is 0 Å². The standard InChI is InChI=1S/C30H26F2N2O3/c1-17-26(30(36)34-29-21(31)12-8-13-22(29)32)27(20-11-6-7-14-25(20)37-2)28-23(33-17)15-19(16-24(28)35)18-9-4-3-5-10-18/h3-14,19,27,33H,15-16H2,1-2H3,(H,34,36). The van der Waals surface area contributed by atoms with Gasteiger partial charge in [-0.1, -0.05) is 54.6 Å². The second kappa shape index (κ2) is 10.0. The first-order valence-electron chi connectivity index (χ1n) is 12.1. The second-order valence-electron chi connectivity index (χ2n) is 9.22. The number of anilines is 1. The molecule has 3 aromatic carbocycles. The normalized spacial score (nSPS) is 19.3. The highest BCUT2D eigenvalue weighted by Crippen LogP contribution is 2.47. The van der Waals surface area contributed by atoms with Crippen molar-refractivity contribution in [2.75, 3.05) is 12.4 Å². The maximum Gasteiger partial charge on any atom is 0.254 e. The Labute approximate surface area is 213 Å². The highest BCUT2D eigenvalue weighted by molar-refractivity contribution is 6.10. The van der Waals surface area contributed by atoms with Gasteiger partial charge < -0.3 is 15.4 Å². The van der Waals surface area contributed by atoms with Crippen LogP contribution in [0.15, 0.2) is 95.3 Å². The summed E-state index contributed by atoms with van der Waals surface area (Å²) in [5.74, 6) is -2.83. The molecule has 0 saturated carbocycles. The van der Waals surface area contributed by atoms with Gasteiger partial charge in [-0.3, -0.25) is 9.59 Å². The van der Waals surface area contributed by atoms with Gasteiger partial charge in [-0.15, -0.1) is 0 Å². The van der Waals surface area contributed by atoms with Gasteiger partial charge in [0.15, 0.2) is 5.78 Å². The number of nitrogens with one attached hydrogen (secondary N) is 2. The molecule has 0 bridgehead atoms. The van der Waals surface area contributed by atoms with E-state index in [1.165, 1.54) is 13.2 Å². The number of benzene rings is 3. The monoisotopic (exact) mass is 500 g/mol. The molecule has 2 atom stereocenters. The largest absolute Gasteiger partial charge is 0.496 e. The van der Waals surface area contributed by atoms with Crippen LogP contribution in [-0.2, 0) is 9.59 Å². The number of para-hydroxylation sites is 2. The average Bonchev–Trinajstić information content (AvgIpc) is 2.90. The fraction of sp³-hybridized carbons (Fsp3) is 0.200. The Morgan fingerprint density at radius 1 is 0.946 bits per heavy atom. The van der Waals surface area contributed by atoms with Crippen LogP contribution in [-0.4, -0.2) is 18.8 Å². The quantitative estimate of drug-likeness (QED) is 0.453. The Morgan fingerprint density at radius 2 is 1.62 bits per heavy atom. The summed E-state index contributed by atoms with van der Waals surface area (Å²) in [6.45, 7) is 1.73. The minimum Gasteiger partial charge on any atom is -0.496 e. The van der Waals surface area contributed by atoms with Crippen molar-refractivity contribution in [2.45, 2.75) is 31.6 Å². The van der Waals surface area contributed by atoms with Crippen LogP contribution < -0.4 is 15.4 Å². The lowest BCUT2D eigenvalue weighted by Gasteiger charge is -2.37.